The molecule has 3 aromatic carbocycles. The number of anilines is 1. The first-order valence-electron chi connectivity index (χ1n) is 12.3. The monoisotopic (exact) mass is 609 g/mol. The average molecular weight is 611 g/mol. The highest BCUT2D eigenvalue weighted by molar-refractivity contribution is 9.10. The van der Waals surface area contributed by atoms with Gasteiger partial charge in [-0.1, -0.05) is 54.6 Å². The number of rotatable bonds is 12. The number of carbonyl (C=O) groups excluding carboxylic acids is 2. The number of hydrogen-bond acceptors (Lipinski definition) is 8. The van der Waals surface area contributed by atoms with Crippen LogP contribution in [0.3, 0.4) is 0 Å². The Kier molecular flexibility index (Phi) is 9.99. The maximum Gasteiger partial charge on any atom is 0.351 e. The van der Waals surface area contributed by atoms with E-state index < -0.39 is 11.9 Å². The molecule has 7 nitrogen and oxygen atoms in total. The van der Waals surface area contributed by atoms with Crippen molar-refractivity contribution >= 4 is 44.9 Å². The smallest absolute Gasteiger partial charge is 0.351 e. The summed E-state index contributed by atoms with van der Waals surface area (Å²) in [4.78, 5) is 25.3. The number of halogens is 1. The van der Waals surface area contributed by atoms with E-state index in [-0.39, 0.29) is 23.8 Å². The normalized spacial score (nSPS) is 10.5. The zero-order valence-electron chi connectivity index (χ0n) is 21.6. The Morgan fingerprint density at radius 3 is 2.41 bits per heavy atom. The Bertz CT molecular complexity index is 1400. The second-order valence-electron chi connectivity index (χ2n) is 8.34. The molecule has 4 rings (SSSR count). The van der Waals surface area contributed by atoms with Crippen LogP contribution in [0.5, 0.6) is 11.5 Å². The zero-order valence-corrected chi connectivity index (χ0v) is 24.0. The van der Waals surface area contributed by atoms with Crippen molar-refractivity contribution in [2.45, 2.75) is 20.1 Å². The van der Waals surface area contributed by atoms with Crippen molar-refractivity contribution in [3.8, 4) is 21.9 Å². The molecule has 9 heteroatoms. The summed E-state index contributed by atoms with van der Waals surface area (Å²) in [6.45, 7) is 2.79. The van der Waals surface area contributed by atoms with Gasteiger partial charge in [-0.3, -0.25) is 0 Å². The van der Waals surface area contributed by atoms with E-state index in [4.69, 9.17) is 18.9 Å². The Balaban J connectivity index is 1.43. The highest BCUT2D eigenvalue weighted by Crippen LogP contribution is 2.46. The Morgan fingerprint density at radius 1 is 0.923 bits per heavy atom. The van der Waals surface area contributed by atoms with E-state index in [1.165, 1.54) is 18.4 Å². The van der Waals surface area contributed by atoms with Crippen LogP contribution in [0.15, 0.2) is 83.3 Å². The van der Waals surface area contributed by atoms with Gasteiger partial charge in [-0.15, -0.1) is 11.3 Å². The van der Waals surface area contributed by atoms with Gasteiger partial charge < -0.3 is 24.3 Å². The standard InChI is InChI=1S/C30H28BrNO6S/c1-3-36-25(33)19-38-27-26(31)28(39-29(27)30(34)35-2)22-10-7-11-23(16-22)32-17-20-12-14-24(15-13-20)37-18-21-8-5-4-6-9-21/h4-16,32H,3,17-19H2,1-2H3. The summed E-state index contributed by atoms with van der Waals surface area (Å²) in [7, 11) is 1.30. The molecule has 1 aromatic heterocycles. The second-order valence-corrected chi connectivity index (χ2v) is 10.2. The maximum atomic E-state index is 12.4. The fraction of sp³-hybridized carbons (Fsp3) is 0.200. The molecular formula is C30H28BrNO6S. The number of carbonyl (C=O) groups is 2. The van der Waals surface area contributed by atoms with Gasteiger partial charge in [0.1, 0.15) is 12.4 Å². The topological polar surface area (TPSA) is 83.1 Å². The van der Waals surface area contributed by atoms with Crippen molar-refractivity contribution in [1.82, 2.24) is 0 Å². The molecule has 4 aromatic rings. The molecule has 0 aliphatic carbocycles. The molecule has 202 valence electrons. The van der Waals surface area contributed by atoms with Gasteiger partial charge >= 0.3 is 11.9 Å². The van der Waals surface area contributed by atoms with Crippen molar-refractivity contribution in [3.05, 3.63) is 99.3 Å². The number of methoxy groups -OCH3 is 1. The van der Waals surface area contributed by atoms with Gasteiger partial charge in [0.15, 0.2) is 17.2 Å². The lowest BCUT2D eigenvalue weighted by Crippen LogP contribution is -2.15. The molecule has 0 aliphatic rings. The number of nitrogens with one attached hydrogen (secondary N) is 1. The molecule has 0 saturated carbocycles. The Hall–Kier alpha value is -3.82. The third-order valence-electron chi connectivity index (χ3n) is 5.61. The number of hydrogen-bond donors (Lipinski definition) is 1. The molecule has 0 amide bonds. The van der Waals surface area contributed by atoms with Gasteiger partial charge in [0, 0.05) is 12.2 Å². The van der Waals surface area contributed by atoms with Crippen molar-refractivity contribution in [1.29, 1.82) is 0 Å². The van der Waals surface area contributed by atoms with Gasteiger partial charge in [-0.2, -0.15) is 0 Å². The van der Waals surface area contributed by atoms with Crippen LogP contribution in [0.25, 0.3) is 10.4 Å². The first-order valence-corrected chi connectivity index (χ1v) is 13.9. The van der Waals surface area contributed by atoms with Gasteiger partial charge in [-0.05, 0) is 63.8 Å². The van der Waals surface area contributed by atoms with Crippen LogP contribution in [0, 0.1) is 0 Å². The number of ether oxygens (including phenoxy) is 4. The van der Waals surface area contributed by atoms with Crippen LogP contribution in [-0.4, -0.2) is 32.3 Å². The third-order valence-corrected chi connectivity index (χ3v) is 7.83. The molecule has 0 fully saturated rings. The fourth-order valence-corrected chi connectivity index (χ4v) is 5.66. The molecular weight excluding hydrogens is 582 g/mol. The van der Waals surface area contributed by atoms with Crippen LogP contribution in [-0.2, 0) is 27.4 Å². The predicted molar refractivity (Wildman–Crippen MR) is 155 cm³/mol. The summed E-state index contributed by atoms with van der Waals surface area (Å²) in [5.74, 6) is 0.00334. The molecule has 0 radical (unpaired) electrons. The lowest BCUT2D eigenvalue weighted by Gasteiger charge is -2.10. The van der Waals surface area contributed by atoms with Crippen LogP contribution in [0.2, 0.25) is 0 Å². The number of benzene rings is 3. The number of thiophene rings is 1. The van der Waals surface area contributed by atoms with E-state index in [0.717, 1.165) is 33.0 Å². The lowest BCUT2D eigenvalue weighted by molar-refractivity contribution is -0.145. The summed E-state index contributed by atoms with van der Waals surface area (Å²) in [6.07, 6.45) is 0. The largest absolute Gasteiger partial charge is 0.489 e. The first-order chi connectivity index (χ1) is 19.0. The van der Waals surface area contributed by atoms with E-state index >= 15 is 0 Å². The first kappa shape index (κ1) is 28.2. The van der Waals surface area contributed by atoms with Crippen molar-refractivity contribution in [3.63, 3.8) is 0 Å². The maximum absolute atomic E-state index is 12.4. The van der Waals surface area contributed by atoms with Crippen molar-refractivity contribution in [2.75, 3.05) is 25.6 Å². The average Bonchev–Trinajstić information content (AvgIpc) is 3.30. The van der Waals surface area contributed by atoms with Crippen molar-refractivity contribution in [2.24, 2.45) is 0 Å². The van der Waals surface area contributed by atoms with E-state index in [2.05, 4.69) is 21.2 Å². The molecule has 1 N–H and O–H groups in total. The van der Waals surface area contributed by atoms with Gasteiger partial charge in [-0.25, -0.2) is 9.59 Å². The predicted octanol–water partition coefficient (Wildman–Crippen LogP) is 7.10. The van der Waals surface area contributed by atoms with E-state index in [1.54, 1.807) is 6.92 Å². The van der Waals surface area contributed by atoms with E-state index in [1.807, 2.05) is 78.9 Å². The molecule has 39 heavy (non-hydrogen) atoms. The van der Waals surface area contributed by atoms with Crippen molar-refractivity contribution < 1.29 is 28.5 Å². The highest BCUT2D eigenvalue weighted by atomic mass is 79.9. The minimum atomic E-state index is -0.545. The fourth-order valence-electron chi connectivity index (χ4n) is 3.69. The quantitative estimate of drug-likeness (QED) is 0.172. The summed E-state index contributed by atoms with van der Waals surface area (Å²) in [5, 5.41) is 3.44. The van der Waals surface area contributed by atoms with Crippen LogP contribution >= 0.6 is 27.3 Å². The second kappa shape index (κ2) is 13.8. The summed E-state index contributed by atoms with van der Waals surface area (Å²) in [6, 6.07) is 25.9. The SMILES string of the molecule is CCOC(=O)COc1c(C(=O)OC)sc(-c2cccc(NCc3ccc(OCc4ccccc4)cc3)c2)c1Br. The summed E-state index contributed by atoms with van der Waals surface area (Å²) in [5.41, 5.74) is 4.01. The summed E-state index contributed by atoms with van der Waals surface area (Å²) >= 11 is 4.78. The highest BCUT2D eigenvalue weighted by Gasteiger charge is 2.25. The molecule has 0 aliphatic heterocycles. The zero-order chi connectivity index (χ0) is 27.6. The van der Waals surface area contributed by atoms with Crippen LogP contribution in [0.1, 0.15) is 27.7 Å². The molecule has 0 atom stereocenters. The summed E-state index contributed by atoms with van der Waals surface area (Å²) < 4.78 is 22.0. The minimum absolute atomic E-state index is 0.244. The van der Waals surface area contributed by atoms with Gasteiger partial charge in [0.05, 0.1) is 23.1 Å². The van der Waals surface area contributed by atoms with Gasteiger partial charge in [0.2, 0.25) is 0 Å². The van der Waals surface area contributed by atoms with Crippen LogP contribution in [0.4, 0.5) is 5.69 Å². The lowest BCUT2D eigenvalue weighted by atomic mass is 10.1. The Labute approximate surface area is 239 Å². The van der Waals surface area contributed by atoms with E-state index in [9.17, 15) is 9.59 Å². The Morgan fingerprint density at radius 2 is 1.69 bits per heavy atom. The molecule has 0 saturated heterocycles. The molecule has 0 bridgehead atoms. The van der Waals surface area contributed by atoms with Gasteiger partial charge in [0.25, 0.3) is 0 Å². The number of esters is 2. The minimum Gasteiger partial charge on any atom is -0.489 e. The molecule has 1 heterocycles. The van der Waals surface area contributed by atoms with Crippen LogP contribution < -0.4 is 14.8 Å². The third kappa shape index (κ3) is 7.61. The molecule has 0 spiro atoms. The molecule has 0 unspecified atom stereocenters. The van der Waals surface area contributed by atoms with E-state index in [0.29, 0.717) is 17.6 Å².